The number of methoxy groups -OCH3 is 2. The third kappa shape index (κ3) is 4.72. The Labute approximate surface area is 222 Å². The van der Waals surface area contributed by atoms with Crippen LogP contribution in [0.5, 0.6) is 11.5 Å². The number of carbonyl (C=O) groups excluding carboxylic acids is 2. The van der Waals surface area contributed by atoms with Gasteiger partial charge in [-0.2, -0.15) is 0 Å². The summed E-state index contributed by atoms with van der Waals surface area (Å²) in [6.07, 6.45) is 0.524. The van der Waals surface area contributed by atoms with E-state index >= 15 is 0 Å². The molecule has 188 valence electrons. The zero-order chi connectivity index (χ0) is 26.1. The number of nitrogens with zero attached hydrogens (tertiary/aromatic N) is 1. The van der Waals surface area contributed by atoms with Crippen molar-refractivity contribution in [3.63, 3.8) is 0 Å². The molecular formula is C29H24BrNO6. The first-order chi connectivity index (χ1) is 17.9. The fourth-order valence-electron chi connectivity index (χ4n) is 4.55. The van der Waals surface area contributed by atoms with E-state index in [2.05, 4.69) is 15.9 Å². The van der Waals surface area contributed by atoms with Crippen molar-refractivity contribution >= 4 is 38.6 Å². The lowest BCUT2D eigenvalue weighted by atomic mass is 9.94. The molecule has 0 saturated heterocycles. The minimum Gasteiger partial charge on any atom is -0.503 e. The second-order valence-corrected chi connectivity index (χ2v) is 9.57. The van der Waals surface area contributed by atoms with Gasteiger partial charge in [0, 0.05) is 16.4 Å². The molecule has 1 amide bonds. The predicted octanol–water partition coefficient (Wildman–Crippen LogP) is 6.03. The standard InChI is InChI=1S/C29H24BrNO6/c1-35-21-8-3-17(4-9-21)13-14-31-26(18-5-10-22(36-2)11-6-18)25(28(33)29(31)34)27(32)24-16-19-15-20(30)7-12-23(19)37-24/h3-12,15-16,26,33H,13-14H2,1-2H3. The van der Waals surface area contributed by atoms with Gasteiger partial charge in [-0.25, -0.2) is 0 Å². The molecule has 8 heteroatoms. The van der Waals surface area contributed by atoms with Crippen molar-refractivity contribution < 1.29 is 28.6 Å². The average Bonchev–Trinajstić information content (AvgIpc) is 3.45. The van der Waals surface area contributed by atoms with Gasteiger partial charge in [0.05, 0.1) is 25.8 Å². The molecule has 1 unspecified atom stereocenters. The molecule has 7 nitrogen and oxygen atoms in total. The number of hydrogen-bond donors (Lipinski definition) is 1. The molecule has 3 aromatic carbocycles. The van der Waals surface area contributed by atoms with E-state index in [1.807, 2.05) is 36.4 Å². The molecule has 1 aromatic heterocycles. The van der Waals surface area contributed by atoms with Crippen LogP contribution in [0.2, 0.25) is 0 Å². The van der Waals surface area contributed by atoms with Gasteiger partial charge in [-0.05, 0) is 66.1 Å². The first-order valence-corrected chi connectivity index (χ1v) is 12.4. The summed E-state index contributed by atoms with van der Waals surface area (Å²) >= 11 is 3.42. The lowest BCUT2D eigenvalue weighted by molar-refractivity contribution is -0.129. The van der Waals surface area contributed by atoms with Crippen LogP contribution in [0.1, 0.15) is 27.7 Å². The number of aliphatic hydroxyl groups is 1. The van der Waals surface area contributed by atoms with Crippen LogP contribution in [0, 0.1) is 0 Å². The molecular weight excluding hydrogens is 538 g/mol. The van der Waals surface area contributed by atoms with Gasteiger partial charge in [0.15, 0.2) is 11.5 Å². The highest BCUT2D eigenvalue weighted by molar-refractivity contribution is 9.10. The van der Waals surface area contributed by atoms with Gasteiger partial charge in [-0.1, -0.05) is 40.2 Å². The Morgan fingerprint density at radius 1 is 0.973 bits per heavy atom. The summed E-state index contributed by atoms with van der Waals surface area (Å²) in [5.41, 5.74) is 2.19. The maximum absolute atomic E-state index is 13.7. The minimum atomic E-state index is -0.788. The second kappa shape index (κ2) is 10.1. The molecule has 1 N–H and O–H groups in total. The Bertz CT molecular complexity index is 1500. The number of benzene rings is 3. The lowest BCUT2D eigenvalue weighted by Crippen LogP contribution is -2.33. The molecule has 0 fully saturated rings. The van der Waals surface area contributed by atoms with Gasteiger partial charge in [0.2, 0.25) is 5.78 Å². The number of amides is 1. The Balaban J connectivity index is 1.51. The topological polar surface area (TPSA) is 89.2 Å². The molecule has 0 radical (unpaired) electrons. The van der Waals surface area contributed by atoms with E-state index < -0.39 is 23.5 Å². The Morgan fingerprint density at radius 2 is 1.62 bits per heavy atom. The molecule has 1 aliphatic heterocycles. The molecule has 0 spiro atoms. The van der Waals surface area contributed by atoms with E-state index in [4.69, 9.17) is 13.9 Å². The van der Waals surface area contributed by atoms with E-state index in [1.54, 1.807) is 50.6 Å². The summed E-state index contributed by atoms with van der Waals surface area (Å²) in [7, 11) is 3.17. The van der Waals surface area contributed by atoms with Crippen LogP contribution in [-0.4, -0.2) is 42.5 Å². The second-order valence-electron chi connectivity index (χ2n) is 8.66. The summed E-state index contributed by atoms with van der Waals surface area (Å²) in [4.78, 5) is 28.5. The molecule has 0 bridgehead atoms. The molecule has 2 heterocycles. The SMILES string of the molecule is COc1ccc(CCN2C(=O)C(O)=C(C(=O)c3cc4cc(Br)ccc4o3)C2c2ccc(OC)cc2)cc1. The van der Waals surface area contributed by atoms with Crippen LogP contribution in [-0.2, 0) is 11.2 Å². The van der Waals surface area contributed by atoms with Crippen molar-refractivity contribution in [3.05, 3.63) is 105 Å². The average molecular weight is 562 g/mol. The number of rotatable bonds is 8. The molecule has 1 atom stereocenters. The normalized spacial score (nSPS) is 15.5. The highest BCUT2D eigenvalue weighted by Gasteiger charge is 2.44. The van der Waals surface area contributed by atoms with Crippen LogP contribution < -0.4 is 9.47 Å². The van der Waals surface area contributed by atoms with Crippen molar-refractivity contribution in [1.29, 1.82) is 0 Å². The number of aliphatic hydroxyl groups excluding tert-OH is 1. The number of ether oxygens (including phenoxy) is 2. The van der Waals surface area contributed by atoms with E-state index in [0.717, 1.165) is 21.2 Å². The third-order valence-electron chi connectivity index (χ3n) is 6.48. The fourth-order valence-corrected chi connectivity index (χ4v) is 4.93. The van der Waals surface area contributed by atoms with E-state index in [-0.39, 0.29) is 17.9 Å². The summed E-state index contributed by atoms with van der Waals surface area (Å²) in [5, 5.41) is 11.7. The van der Waals surface area contributed by atoms with Crippen LogP contribution in [0.4, 0.5) is 0 Å². The predicted molar refractivity (Wildman–Crippen MR) is 142 cm³/mol. The van der Waals surface area contributed by atoms with Gasteiger partial charge in [0.25, 0.3) is 5.91 Å². The monoisotopic (exact) mass is 561 g/mol. The molecule has 0 saturated carbocycles. The van der Waals surface area contributed by atoms with Crippen molar-refractivity contribution in [2.45, 2.75) is 12.5 Å². The van der Waals surface area contributed by atoms with Crippen LogP contribution in [0.25, 0.3) is 11.0 Å². The number of furan rings is 1. The molecule has 1 aliphatic rings. The molecule has 37 heavy (non-hydrogen) atoms. The largest absolute Gasteiger partial charge is 0.503 e. The summed E-state index contributed by atoms with van der Waals surface area (Å²) in [6.45, 7) is 0.287. The van der Waals surface area contributed by atoms with Crippen LogP contribution >= 0.6 is 15.9 Å². The molecule has 0 aliphatic carbocycles. The van der Waals surface area contributed by atoms with Crippen LogP contribution in [0.3, 0.4) is 0 Å². The summed E-state index contributed by atoms with van der Waals surface area (Å²) in [5.74, 6) is -0.272. The number of carbonyl (C=O) groups is 2. The van der Waals surface area contributed by atoms with Crippen molar-refractivity contribution in [2.24, 2.45) is 0 Å². The van der Waals surface area contributed by atoms with Gasteiger partial charge < -0.3 is 23.9 Å². The fraction of sp³-hybridized carbons (Fsp3) is 0.172. The summed E-state index contributed by atoms with van der Waals surface area (Å²) in [6, 6.07) is 20.9. The van der Waals surface area contributed by atoms with Crippen LogP contribution in [0.15, 0.2) is 93.0 Å². The number of hydrogen-bond acceptors (Lipinski definition) is 6. The number of fused-ring (bicyclic) bond motifs is 1. The Hall–Kier alpha value is -4.04. The third-order valence-corrected chi connectivity index (χ3v) is 6.98. The quantitative estimate of drug-likeness (QED) is 0.264. The maximum Gasteiger partial charge on any atom is 0.290 e. The smallest absolute Gasteiger partial charge is 0.290 e. The van der Waals surface area contributed by atoms with E-state index in [9.17, 15) is 14.7 Å². The lowest BCUT2D eigenvalue weighted by Gasteiger charge is -2.27. The highest BCUT2D eigenvalue weighted by atomic mass is 79.9. The number of halogens is 1. The van der Waals surface area contributed by atoms with Crippen molar-refractivity contribution in [2.75, 3.05) is 20.8 Å². The number of Topliss-reactive ketones (excluding diaryl/α,β-unsaturated/α-hetero) is 1. The Kier molecular flexibility index (Phi) is 6.76. The minimum absolute atomic E-state index is 0.0111. The van der Waals surface area contributed by atoms with E-state index in [0.29, 0.717) is 23.3 Å². The first-order valence-electron chi connectivity index (χ1n) is 11.6. The van der Waals surface area contributed by atoms with Gasteiger partial charge in [-0.15, -0.1) is 0 Å². The van der Waals surface area contributed by atoms with Gasteiger partial charge >= 0.3 is 0 Å². The van der Waals surface area contributed by atoms with E-state index in [1.165, 1.54) is 4.90 Å². The van der Waals surface area contributed by atoms with Crippen molar-refractivity contribution in [1.82, 2.24) is 4.90 Å². The maximum atomic E-state index is 13.7. The molecule has 5 rings (SSSR count). The van der Waals surface area contributed by atoms with Crippen molar-refractivity contribution in [3.8, 4) is 11.5 Å². The molecule has 4 aromatic rings. The van der Waals surface area contributed by atoms with Gasteiger partial charge in [0.1, 0.15) is 17.1 Å². The zero-order valence-corrected chi connectivity index (χ0v) is 21.8. The zero-order valence-electron chi connectivity index (χ0n) is 20.2. The summed E-state index contributed by atoms with van der Waals surface area (Å²) < 4.78 is 17.1. The Morgan fingerprint density at radius 3 is 2.27 bits per heavy atom. The first kappa shape index (κ1) is 24.6. The van der Waals surface area contributed by atoms with Gasteiger partial charge in [-0.3, -0.25) is 9.59 Å². The highest BCUT2D eigenvalue weighted by Crippen LogP contribution is 2.40. The number of ketones is 1.